The number of allylic oxidation sites excluding steroid dienone is 1. The Labute approximate surface area is 162 Å². The normalized spacial score (nSPS) is 11.3. The Morgan fingerprint density at radius 2 is 2.15 bits per heavy atom. The lowest BCUT2D eigenvalue weighted by Crippen LogP contribution is -2.21. The summed E-state index contributed by atoms with van der Waals surface area (Å²) >= 11 is 6.57. The molecule has 0 fully saturated rings. The number of nitrogens with zero attached hydrogens (tertiary/aromatic N) is 3. The minimum Gasteiger partial charge on any atom is -0.423 e. The second-order valence-electron chi connectivity index (χ2n) is 6.19. The lowest BCUT2D eigenvalue weighted by atomic mass is 10.1. The van der Waals surface area contributed by atoms with E-state index < -0.39 is 5.63 Å². The van der Waals surface area contributed by atoms with Gasteiger partial charge in [0.2, 0.25) is 0 Å². The summed E-state index contributed by atoms with van der Waals surface area (Å²) in [7, 11) is 0. The molecule has 27 heavy (non-hydrogen) atoms. The van der Waals surface area contributed by atoms with E-state index in [0.29, 0.717) is 32.0 Å². The standard InChI is InChI=1S/C19H15N3O3S2/c1-3-6-22-17-16(27-19(22)26)18(24)21(10-20-17)9-12-8-15(23)25-14-7-11(2)4-5-13(12)14/h3-5,7-8,10H,1,6,9H2,2H3. The second-order valence-corrected chi connectivity index (χ2v) is 7.83. The minimum absolute atomic E-state index is 0.188. The molecular weight excluding hydrogens is 382 g/mol. The summed E-state index contributed by atoms with van der Waals surface area (Å²) < 4.78 is 9.62. The van der Waals surface area contributed by atoms with E-state index in [1.165, 1.54) is 28.3 Å². The highest BCUT2D eigenvalue weighted by molar-refractivity contribution is 7.73. The first-order valence-corrected chi connectivity index (χ1v) is 9.43. The van der Waals surface area contributed by atoms with E-state index in [0.717, 1.165) is 10.9 Å². The first-order chi connectivity index (χ1) is 13.0. The average molecular weight is 397 g/mol. The average Bonchev–Trinajstić information content (AvgIpc) is 2.94. The zero-order valence-corrected chi connectivity index (χ0v) is 16.1. The Kier molecular flexibility index (Phi) is 4.37. The monoisotopic (exact) mass is 397 g/mol. The highest BCUT2D eigenvalue weighted by atomic mass is 32.1. The molecule has 8 heteroatoms. The molecule has 0 aliphatic heterocycles. The van der Waals surface area contributed by atoms with Crippen LogP contribution >= 0.6 is 23.6 Å². The van der Waals surface area contributed by atoms with Crippen LogP contribution in [0, 0.1) is 10.9 Å². The van der Waals surface area contributed by atoms with E-state index >= 15 is 0 Å². The summed E-state index contributed by atoms with van der Waals surface area (Å²) in [4.78, 5) is 29.3. The molecule has 0 spiro atoms. The van der Waals surface area contributed by atoms with Crippen molar-refractivity contribution in [2.24, 2.45) is 0 Å². The molecule has 4 rings (SSSR count). The van der Waals surface area contributed by atoms with Crippen molar-refractivity contribution in [3.8, 4) is 0 Å². The van der Waals surface area contributed by atoms with Crippen LogP contribution in [0.15, 0.2) is 57.3 Å². The van der Waals surface area contributed by atoms with Crippen LogP contribution in [-0.2, 0) is 13.1 Å². The van der Waals surface area contributed by atoms with Crippen LogP contribution in [0.1, 0.15) is 11.1 Å². The van der Waals surface area contributed by atoms with Gasteiger partial charge in [-0.3, -0.25) is 9.36 Å². The predicted octanol–water partition coefficient (Wildman–Crippen LogP) is 3.64. The summed E-state index contributed by atoms with van der Waals surface area (Å²) in [6.07, 6.45) is 3.20. The number of aryl methyl sites for hydroxylation is 1. The van der Waals surface area contributed by atoms with E-state index in [1.54, 1.807) is 10.6 Å². The zero-order valence-electron chi connectivity index (χ0n) is 14.5. The number of hydrogen-bond donors (Lipinski definition) is 0. The van der Waals surface area contributed by atoms with Crippen molar-refractivity contribution < 1.29 is 4.42 Å². The van der Waals surface area contributed by atoms with Crippen molar-refractivity contribution in [1.82, 2.24) is 14.1 Å². The summed E-state index contributed by atoms with van der Waals surface area (Å²) in [6, 6.07) is 7.06. The van der Waals surface area contributed by atoms with Crippen LogP contribution in [0.3, 0.4) is 0 Å². The molecule has 6 nitrogen and oxygen atoms in total. The zero-order chi connectivity index (χ0) is 19.1. The van der Waals surface area contributed by atoms with E-state index in [2.05, 4.69) is 11.6 Å². The van der Waals surface area contributed by atoms with Gasteiger partial charge in [-0.15, -0.1) is 6.58 Å². The molecule has 3 heterocycles. The predicted molar refractivity (Wildman–Crippen MR) is 109 cm³/mol. The SMILES string of the molecule is C=CCn1c(=S)sc2c(=O)n(Cc3cc(=O)oc4cc(C)ccc34)cnc21. The van der Waals surface area contributed by atoms with Crippen LogP contribution in [0.5, 0.6) is 0 Å². The largest absolute Gasteiger partial charge is 0.423 e. The Hall–Kier alpha value is -2.84. The molecule has 0 bridgehead atoms. The third-order valence-corrected chi connectivity index (χ3v) is 5.71. The smallest absolute Gasteiger partial charge is 0.336 e. The van der Waals surface area contributed by atoms with E-state index in [9.17, 15) is 9.59 Å². The summed E-state index contributed by atoms with van der Waals surface area (Å²) in [5.41, 5.74) is 2.13. The van der Waals surface area contributed by atoms with Gasteiger partial charge in [0, 0.05) is 18.0 Å². The van der Waals surface area contributed by atoms with E-state index in [1.807, 2.05) is 25.1 Å². The maximum atomic E-state index is 12.9. The lowest BCUT2D eigenvalue weighted by molar-refractivity contribution is 0.557. The van der Waals surface area contributed by atoms with Crippen LogP contribution < -0.4 is 11.2 Å². The van der Waals surface area contributed by atoms with Crippen molar-refractivity contribution in [2.75, 3.05) is 0 Å². The summed E-state index contributed by atoms with van der Waals surface area (Å²) in [5, 5.41) is 0.795. The van der Waals surface area contributed by atoms with Crippen molar-refractivity contribution in [1.29, 1.82) is 0 Å². The highest BCUT2D eigenvalue weighted by Crippen LogP contribution is 2.21. The fourth-order valence-electron chi connectivity index (χ4n) is 3.03. The van der Waals surface area contributed by atoms with Gasteiger partial charge in [-0.05, 0) is 36.3 Å². The molecule has 3 aromatic heterocycles. The Balaban J connectivity index is 1.88. The van der Waals surface area contributed by atoms with Crippen molar-refractivity contribution >= 4 is 44.9 Å². The molecule has 0 unspecified atom stereocenters. The van der Waals surface area contributed by atoms with Gasteiger partial charge in [-0.2, -0.15) is 0 Å². The quantitative estimate of drug-likeness (QED) is 0.299. The van der Waals surface area contributed by atoms with Crippen molar-refractivity contribution in [3.05, 3.63) is 79.1 Å². The first kappa shape index (κ1) is 17.6. The number of hydrogen-bond acceptors (Lipinski definition) is 6. The van der Waals surface area contributed by atoms with E-state index in [-0.39, 0.29) is 12.1 Å². The van der Waals surface area contributed by atoms with Gasteiger partial charge < -0.3 is 8.98 Å². The molecule has 0 aliphatic carbocycles. The van der Waals surface area contributed by atoms with Gasteiger partial charge in [0.05, 0.1) is 6.54 Å². The first-order valence-electron chi connectivity index (χ1n) is 8.21. The minimum atomic E-state index is -0.446. The topological polar surface area (TPSA) is 70.0 Å². The van der Waals surface area contributed by atoms with Crippen molar-refractivity contribution in [2.45, 2.75) is 20.0 Å². The van der Waals surface area contributed by atoms with Crippen LogP contribution in [0.4, 0.5) is 0 Å². The second kappa shape index (κ2) is 6.71. The fourth-order valence-corrected chi connectivity index (χ4v) is 4.34. The van der Waals surface area contributed by atoms with Gasteiger partial charge in [-0.1, -0.05) is 29.5 Å². The number of rotatable bonds is 4. The van der Waals surface area contributed by atoms with Gasteiger partial charge in [-0.25, -0.2) is 9.78 Å². The number of thiazole rings is 1. The number of aromatic nitrogens is 3. The van der Waals surface area contributed by atoms with Gasteiger partial charge in [0.25, 0.3) is 5.56 Å². The molecule has 1 aromatic carbocycles. The van der Waals surface area contributed by atoms with Gasteiger partial charge in [0.15, 0.2) is 9.60 Å². The maximum absolute atomic E-state index is 12.9. The molecule has 0 saturated heterocycles. The summed E-state index contributed by atoms with van der Waals surface area (Å²) in [6.45, 7) is 6.36. The molecule has 4 aromatic rings. The molecule has 0 atom stereocenters. The van der Waals surface area contributed by atoms with Crippen LogP contribution in [-0.4, -0.2) is 14.1 Å². The van der Waals surface area contributed by atoms with Crippen molar-refractivity contribution in [3.63, 3.8) is 0 Å². The molecular formula is C19H15N3O3S2. The van der Waals surface area contributed by atoms with Crippen LogP contribution in [0.2, 0.25) is 0 Å². The summed E-state index contributed by atoms with van der Waals surface area (Å²) in [5.74, 6) is 0. The molecule has 0 aliphatic rings. The Bertz CT molecular complexity index is 1380. The van der Waals surface area contributed by atoms with E-state index in [4.69, 9.17) is 16.6 Å². The lowest BCUT2D eigenvalue weighted by Gasteiger charge is -2.08. The number of fused-ring (bicyclic) bond motifs is 2. The Morgan fingerprint density at radius 3 is 2.93 bits per heavy atom. The molecule has 0 N–H and O–H groups in total. The molecule has 0 saturated carbocycles. The maximum Gasteiger partial charge on any atom is 0.336 e. The van der Waals surface area contributed by atoms with Gasteiger partial charge in [0.1, 0.15) is 16.6 Å². The highest BCUT2D eigenvalue weighted by Gasteiger charge is 2.13. The third kappa shape index (κ3) is 3.07. The fraction of sp³-hybridized carbons (Fsp3) is 0.158. The Morgan fingerprint density at radius 1 is 1.33 bits per heavy atom. The molecule has 0 amide bonds. The van der Waals surface area contributed by atoms with Gasteiger partial charge >= 0.3 is 5.63 Å². The third-order valence-electron chi connectivity index (χ3n) is 4.28. The molecule has 0 radical (unpaired) electrons. The molecule has 136 valence electrons. The van der Waals surface area contributed by atoms with Crippen LogP contribution in [0.25, 0.3) is 21.3 Å². The number of benzene rings is 1.